The first kappa shape index (κ1) is 25.7. The Morgan fingerprint density at radius 2 is 1.15 bits per heavy atom. The summed E-state index contributed by atoms with van der Waals surface area (Å²) in [6.07, 6.45) is 0. The number of furan rings is 2. The van der Waals surface area contributed by atoms with E-state index in [0.717, 1.165) is 82.9 Å². The Hall–Kier alpha value is -6.57. The average Bonchev–Trinajstić information content (AvgIpc) is 3.80. The van der Waals surface area contributed by atoms with Crippen LogP contribution in [0.1, 0.15) is 5.56 Å². The molecule has 218 valence electrons. The van der Waals surface area contributed by atoms with Gasteiger partial charge in [0.25, 0.3) is 0 Å². The smallest absolute Gasteiger partial charge is 0.137 e. The van der Waals surface area contributed by atoms with Gasteiger partial charge in [-0.05, 0) is 77.4 Å². The summed E-state index contributed by atoms with van der Waals surface area (Å²) >= 11 is 0. The molecule has 7 aromatic carbocycles. The molecule has 0 bridgehead atoms. The van der Waals surface area contributed by atoms with Gasteiger partial charge in [-0.1, -0.05) is 84.9 Å². The first-order valence-electron chi connectivity index (χ1n) is 15.7. The van der Waals surface area contributed by atoms with Gasteiger partial charge in [0.2, 0.25) is 0 Å². The minimum atomic E-state index is 0.639. The highest BCUT2D eigenvalue weighted by Crippen LogP contribution is 2.43. The third-order valence-corrected chi connectivity index (χ3v) is 9.46. The topological polar surface area (TPSA) is 55.0 Å². The van der Waals surface area contributed by atoms with Crippen molar-refractivity contribution >= 4 is 65.7 Å². The van der Waals surface area contributed by atoms with Crippen LogP contribution in [-0.4, -0.2) is 4.57 Å². The molecule has 0 unspecified atom stereocenters. The Morgan fingerprint density at radius 1 is 0.468 bits per heavy atom. The number of para-hydroxylation sites is 3. The van der Waals surface area contributed by atoms with E-state index in [2.05, 4.69) is 102 Å². The van der Waals surface area contributed by atoms with E-state index in [0.29, 0.717) is 5.56 Å². The molecule has 47 heavy (non-hydrogen) atoms. The third-order valence-electron chi connectivity index (χ3n) is 9.46. The Kier molecular flexibility index (Phi) is 5.32. The van der Waals surface area contributed by atoms with Gasteiger partial charge in [-0.15, -0.1) is 0 Å². The van der Waals surface area contributed by atoms with Gasteiger partial charge in [-0.25, -0.2) is 0 Å². The largest absolute Gasteiger partial charge is 0.456 e. The molecule has 0 saturated heterocycles. The summed E-state index contributed by atoms with van der Waals surface area (Å²) in [5, 5.41) is 16.8. The lowest BCUT2D eigenvalue weighted by Gasteiger charge is -2.16. The Morgan fingerprint density at radius 3 is 2.02 bits per heavy atom. The lowest BCUT2D eigenvalue weighted by Crippen LogP contribution is -1.97. The van der Waals surface area contributed by atoms with Crippen molar-refractivity contribution in [3.63, 3.8) is 0 Å². The zero-order chi connectivity index (χ0) is 31.1. The summed E-state index contributed by atoms with van der Waals surface area (Å²) < 4.78 is 14.9. The van der Waals surface area contributed by atoms with Gasteiger partial charge >= 0.3 is 0 Å². The van der Waals surface area contributed by atoms with E-state index in [1.165, 1.54) is 10.8 Å². The van der Waals surface area contributed by atoms with E-state index in [4.69, 9.17) is 8.83 Å². The molecule has 0 aliphatic rings. The molecular formula is C43H24N2O2. The highest BCUT2D eigenvalue weighted by Gasteiger charge is 2.21. The van der Waals surface area contributed by atoms with Crippen molar-refractivity contribution in [2.24, 2.45) is 0 Å². The summed E-state index contributed by atoms with van der Waals surface area (Å²) in [5.74, 6) is 0. The number of hydrogen-bond acceptors (Lipinski definition) is 3. The van der Waals surface area contributed by atoms with Crippen LogP contribution in [-0.2, 0) is 0 Å². The van der Waals surface area contributed by atoms with Crippen molar-refractivity contribution in [1.82, 2.24) is 4.57 Å². The number of nitrogens with zero attached hydrogens (tertiary/aromatic N) is 2. The van der Waals surface area contributed by atoms with Crippen molar-refractivity contribution in [2.45, 2.75) is 0 Å². The molecule has 3 heterocycles. The highest BCUT2D eigenvalue weighted by atomic mass is 16.3. The number of benzene rings is 7. The molecule has 0 spiro atoms. The normalized spacial score (nSPS) is 11.8. The zero-order valence-electron chi connectivity index (χ0n) is 25.1. The summed E-state index contributed by atoms with van der Waals surface area (Å²) in [6.45, 7) is 0. The minimum absolute atomic E-state index is 0.639. The third kappa shape index (κ3) is 3.69. The van der Waals surface area contributed by atoms with Crippen LogP contribution in [0.5, 0.6) is 0 Å². The van der Waals surface area contributed by atoms with E-state index in [1.807, 2.05) is 54.6 Å². The van der Waals surface area contributed by atoms with E-state index in [9.17, 15) is 5.26 Å². The van der Waals surface area contributed by atoms with Gasteiger partial charge in [-0.3, -0.25) is 0 Å². The summed E-state index contributed by atoms with van der Waals surface area (Å²) in [4.78, 5) is 0. The predicted octanol–water partition coefficient (Wildman–Crippen LogP) is 11.8. The second-order valence-electron chi connectivity index (χ2n) is 12.0. The second kappa shape index (κ2) is 9.71. The SMILES string of the molecule is N#Cc1ccccc1-c1ccc(-n2c3ccccc3c3ccc4oc5ccccc5c4c32)cc1-c1ccc2oc3ccccc3c2c1. The van der Waals surface area contributed by atoms with E-state index < -0.39 is 0 Å². The molecule has 10 aromatic rings. The van der Waals surface area contributed by atoms with Gasteiger partial charge in [0, 0.05) is 38.2 Å². The van der Waals surface area contributed by atoms with Crippen LogP contribution in [0.3, 0.4) is 0 Å². The molecule has 4 heteroatoms. The fourth-order valence-corrected chi connectivity index (χ4v) is 7.39. The fraction of sp³-hybridized carbons (Fsp3) is 0. The highest BCUT2D eigenvalue weighted by molar-refractivity contribution is 6.24. The van der Waals surface area contributed by atoms with E-state index in [-0.39, 0.29) is 0 Å². The molecule has 10 rings (SSSR count). The maximum Gasteiger partial charge on any atom is 0.137 e. The molecule has 0 fully saturated rings. The Labute approximate surface area is 268 Å². The van der Waals surface area contributed by atoms with Crippen LogP contribution in [0, 0.1) is 11.3 Å². The molecule has 4 nitrogen and oxygen atoms in total. The summed E-state index contributed by atoms with van der Waals surface area (Å²) in [6, 6.07) is 52.5. The van der Waals surface area contributed by atoms with Crippen molar-refractivity contribution in [3.8, 4) is 34.0 Å². The quantitative estimate of drug-likeness (QED) is 0.203. The predicted molar refractivity (Wildman–Crippen MR) is 191 cm³/mol. The van der Waals surface area contributed by atoms with Crippen molar-refractivity contribution in [3.05, 3.63) is 151 Å². The molecule has 0 aliphatic carbocycles. The zero-order valence-corrected chi connectivity index (χ0v) is 25.1. The molecule has 0 saturated carbocycles. The average molecular weight is 601 g/mol. The molecule has 0 aliphatic heterocycles. The first-order valence-corrected chi connectivity index (χ1v) is 15.7. The van der Waals surface area contributed by atoms with Crippen molar-refractivity contribution in [2.75, 3.05) is 0 Å². The van der Waals surface area contributed by atoms with Crippen LogP contribution in [0.25, 0.3) is 93.6 Å². The Balaban J connectivity index is 1.32. The van der Waals surface area contributed by atoms with Crippen LogP contribution in [0.15, 0.2) is 154 Å². The Bertz CT molecular complexity index is 2930. The summed E-state index contributed by atoms with van der Waals surface area (Å²) in [7, 11) is 0. The molecule has 0 atom stereocenters. The van der Waals surface area contributed by atoms with Gasteiger partial charge < -0.3 is 13.4 Å². The molecular weight excluding hydrogens is 576 g/mol. The number of fused-ring (bicyclic) bond motifs is 10. The summed E-state index contributed by atoms with van der Waals surface area (Å²) in [5.41, 5.74) is 11.3. The minimum Gasteiger partial charge on any atom is -0.456 e. The maximum atomic E-state index is 10.1. The van der Waals surface area contributed by atoms with Crippen LogP contribution in [0.2, 0.25) is 0 Å². The number of rotatable bonds is 3. The van der Waals surface area contributed by atoms with Gasteiger partial charge in [0.15, 0.2) is 0 Å². The lowest BCUT2D eigenvalue weighted by atomic mass is 9.91. The maximum absolute atomic E-state index is 10.1. The van der Waals surface area contributed by atoms with Gasteiger partial charge in [0.05, 0.1) is 28.1 Å². The standard InChI is InChI=1S/C43H24N2O2/c44-25-27-9-1-2-10-29(27)30-19-18-28(24-35(30)26-17-21-40-36(23-26)32-12-4-7-15-38(32)46-40)45-37-14-6-3-11-31(37)33-20-22-41-42(43(33)45)34-13-5-8-16-39(34)47-41/h1-24H. The monoisotopic (exact) mass is 600 g/mol. The number of aromatic nitrogens is 1. The molecule has 0 amide bonds. The molecule has 0 radical (unpaired) electrons. The number of nitriles is 1. The van der Waals surface area contributed by atoms with Crippen molar-refractivity contribution < 1.29 is 8.83 Å². The lowest BCUT2D eigenvalue weighted by molar-refractivity contribution is 0.668. The van der Waals surface area contributed by atoms with Crippen molar-refractivity contribution in [1.29, 1.82) is 5.26 Å². The molecule has 3 aromatic heterocycles. The number of hydrogen-bond donors (Lipinski definition) is 0. The second-order valence-corrected chi connectivity index (χ2v) is 12.0. The van der Waals surface area contributed by atoms with Crippen LogP contribution in [0.4, 0.5) is 0 Å². The van der Waals surface area contributed by atoms with Crippen LogP contribution >= 0.6 is 0 Å². The van der Waals surface area contributed by atoms with E-state index >= 15 is 0 Å². The van der Waals surface area contributed by atoms with Crippen LogP contribution < -0.4 is 0 Å². The first-order chi connectivity index (χ1) is 23.3. The fourth-order valence-electron chi connectivity index (χ4n) is 7.39. The van der Waals surface area contributed by atoms with E-state index in [1.54, 1.807) is 0 Å². The molecule has 0 N–H and O–H groups in total. The van der Waals surface area contributed by atoms with Gasteiger partial charge in [0.1, 0.15) is 22.3 Å². The van der Waals surface area contributed by atoms with Gasteiger partial charge in [-0.2, -0.15) is 5.26 Å².